The number of aliphatic hydroxyl groups is 1. The lowest BCUT2D eigenvalue weighted by Crippen LogP contribution is -2.34. The maximum atomic E-state index is 12.9. The van der Waals surface area contributed by atoms with Crippen molar-refractivity contribution in [3.05, 3.63) is 60.6 Å². The zero-order valence-corrected chi connectivity index (χ0v) is 22.2. The predicted octanol–water partition coefficient (Wildman–Crippen LogP) is 1.70. The average molecular weight is 558 g/mol. The second kappa shape index (κ2) is 12.3. The highest BCUT2D eigenvalue weighted by Gasteiger charge is 2.33. The molecule has 2 atom stereocenters. The molecule has 0 spiro atoms. The van der Waals surface area contributed by atoms with Crippen LogP contribution in [-0.4, -0.2) is 79.7 Å². The van der Waals surface area contributed by atoms with Crippen LogP contribution in [0, 0.1) is 0 Å². The summed E-state index contributed by atoms with van der Waals surface area (Å²) in [5.41, 5.74) is 7.59. The van der Waals surface area contributed by atoms with Gasteiger partial charge < -0.3 is 30.5 Å². The zero-order valence-electron chi connectivity index (χ0n) is 21.4. The fourth-order valence-electron chi connectivity index (χ4n) is 3.82. The van der Waals surface area contributed by atoms with Gasteiger partial charge in [0.2, 0.25) is 0 Å². The quantitative estimate of drug-likeness (QED) is 0.144. The molecule has 2 saturated heterocycles. The number of ether oxygens (including phenoxy) is 2. The number of aromatic nitrogens is 2. The molecule has 5 N–H and O–H groups in total. The van der Waals surface area contributed by atoms with Gasteiger partial charge in [-0.2, -0.15) is 4.99 Å². The largest absolute Gasteiger partial charge is 0.515 e. The molecule has 14 heteroatoms. The smallest absolute Gasteiger partial charge is 0.347 e. The van der Waals surface area contributed by atoms with Crippen LogP contribution in [0.5, 0.6) is 0 Å². The first-order valence-electron chi connectivity index (χ1n) is 12.2. The Bertz CT molecular complexity index is 1380. The normalized spacial score (nSPS) is 19.9. The highest BCUT2D eigenvalue weighted by atomic mass is 32.2. The van der Waals surface area contributed by atoms with Crippen molar-refractivity contribution >= 4 is 33.2 Å². The predicted molar refractivity (Wildman–Crippen MR) is 147 cm³/mol. The van der Waals surface area contributed by atoms with E-state index < -0.39 is 15.9 Å². The Morgan fingerprint density at radius 1 is 1.33 bits per heavy atom. The number of rotatable bonds is 10. The summed E-state index contributed by atoms with van der Waals surface area (Å²) in [5, 5.41) is 14.3. The highest BCUT2D eigenvalue weighted by molar-refractivity contribution is 7.90. The number of nitrogens with two attached hydrogens (primary N) is 1. The minimum absolute atomic E-state index is 0.0615. The molecule has 0 aliphatic carbocycles. The molecule has 2 fully saturated rings. The Labute approximate surface area is 226 Å². The Balaban J connectivity index is 1.55. The summed E-state index contributed by atoms with van der Waals surface area (Å²) >= 11 is 0. The van der Waals surface area contributed by atoms with E-state index in [9.17, 15) is 13.2 Å². The summed E-state index contributed by atoms with van der Waals surface area (Å²) in [6.45, 7) is 7.58. The topological polar surface area (TPSA) is 185 Å². The van der Waals surface area contributed by atoms with Gasteiger partial charge in [-0.1, -0.05) is 6.58 Å². The number of nitrogens with zero attached hydrogens (tertiary/aromatic N) is 4. The van der Waals surface area contributed by atoms with E-state index in [4.69, 9.17) is 20.3 Å². The molecule has 2 aliphatic heterocycles. The van der Waals surface area contributed by atoms with E-state index in [0.29, 0.717) is 60.3 Å². The van der Waals surface area contributed by atoms with E-state index in [-0.39, 0.29) is 36.2 Å². The number of anilines is 2. The number of hydrogen-bond acceptors (Lipinski definition) is 10. The van der Waals surface area contributed by atoms with Gasteiger partial charge in [0, 0.05) is 42.2 Å². The molecule has 208 valence electrons. The number of nitrogens with one attached hydrogen (secondary N) is 2. The molecule has 39 heavy (non-hydrogen) atoms. The van der Waals surface area contributed by atoms with E-state index in [1.807, 2.05) is 11.8 Å². The fourth-order valence-corrected chi connectivity index (χ4v) is 4.99. The minimum Gasteiger partial charge on any atom is -0.515 e. The van der Waals surface area contributed by atoms with Gasteiger partial charge in [0.15, 0.2) is 15.7 Å². The van der Waals surface area contributed by atoms with Gasteiger partial charge >= 0.3 is 6.03 Å². The molecule has 0 radical (unpaired) electrons. The van der Waals surface area contributed by atoms with E-state index in [1.54, 1.807) is 30.3 Å². The number of aliphatic imine (C=N–C) groups is 1. The van der Waals surface area contributed by atoms with Crippen molar-refractivity contribution in [1.29, 1.82) is 0 Å². The van der Waals surface area contributed by atoms with Crippen LogP contribution in [0.15, 0.2) is 59.9 Å². The Hall–Kier alpha value is -3.85. The van der Waals surface area contributed by atoms with Crippen molar-refractivity contribution < 1.29 is 27.8 Å². The van der Waals surface area contributed by atoms with Gasteiger partial charge in [-0.05, 0) is 31.2 Å². The third-order valence-electron chi connectivity index (χ3n) is 5.86. The van der Waals surface area contributed by atoms with Crippen molar-refractivity contribution in [2.75, 3.05) is 42.3 Å². The van der Waals surface area contributed by atoms with E-state index in [0.717, 1.165) is 6.08 Å². The molecule has 2 aromatic rings. The summed E-state index contributed by atoms with van der Waals surface area (Å²) in [4.78, 5) is 26.7. The molecule has 13 nitrogen and oxygen atoms in total. The van der Waals surface area contributed by atoms with Crippen molar-refractivity contribution in [2.45, 2.75) is 25.0 Å². The third kappa shape index (κ3) is 8.07. The van der Waals surface area contributed by atoms with Crippen LogP contribution in [0.4, 0.5) is 16.3 Å². The molecule has 2 aliphatic rings. The van der Waals surface area contributed by atoms with Crippen LogP contribution in [0.25, 0.3) is 11.4 Å². The van der Waals surface area contributed by atoms with Crippen molar-refractivity contribution in [3.8, 4) is 11.4 Å². The second-order valence-electron chi connectivity index (χ2n) is 8.98. The Morgan fingerprint density at radius 3 is 2.74 bits per heavy atom. The van der Waals surface area contributed by atoms with Crippen LogP contribution >= 0.6 is 0 Å². The van der Waals surface area contributed by atoms with Gasteiger partial charge in [0.25, 0.3) is 0 Å². The maximum Gasteiger partial charge on any atom is 0.347 e. The number of sulfone groups is 1. The molecule has 2 unspecified atom stereocenters. The average Bonchev–Trinajstić information content (AvgIpc) is 3.58. The number of amides is 2. The number of epoxide rings is 1. The third-order valence-corrected chi connectivity index (χ3v) is 7.42. The molecule has 0 saturated carbocycles. The van der Waals surface area contributed by atoms with Crippen LogP contribution in [-0.2, 0) is 25.1 Å². The highest BCUT2D eigenvalue weighted by Crippen LogP contribution is 2.26. The lowest BCUT2D eigenvalue weighted by molar-refractivity contribution is 0.143. The fraction of sp³-hybridized carbons (Fsp3) is 0.360. The Kier molecular flexibility index (Phi) is 8.91. The number of carbonyl (C=O) groups is 1. The molecule has 4 rings (SSSR count). The number of urea groups is 1. The van der Waals surface area contributed by atoms with E-state index in [2.05, 4.69) is 32.2 Å². The van der Waals surface area contributed by atoms with Crippen LogP contribution < -0.4 is 21.3 Å². The summed E-state index contributed by atoms with van der Waals surface area (Å²) < 4.78 is 36.5. The van der Waals surface area contributed by atoms with Gasteiger partial charge in [-0.3, -0.25) is 5.32 Å². The van der Waals surface area contributed by atoms with Crippen molar-refractivity contribution in [2.24, 2.45) is 10.7 Å². The lowest BCUT2D eigenvalue weighted by Gasteiger charge is -2.30. The number of amidine groups is 1. The standard InChI is InChI=1S/C25H31N7O6S/c1-16-14-37-11-9-32(16)22-13-20(15-39(35,36)12-8-27-24-17(2)38-24)28-23(31-22)18-3-5-19(6-4-18)29-25(34)30-21(26)7-10-33/h3-7,10,13,17,24,27,33H,1,8-9,11-12,14-15H2,2H3,(H3,26,29,30,34)/b10-7-. The van der Waals surface area contributed by atoms with Gasteiger partial charge in [-0.15, -0.1) is 0 Å². The zero-order chi connectivity index (χ0) is 28.0. The van der Waals surface area contributed by atoms with Gasteiger partial charge in [-0.25, -0.2) is 23.2 Å². The summed E-state index contributed by atoms with van der Waals surface area (Å²) in [5.74, 6) is 0.369. The first kappa shape index (κ1) is 28.2. The SMILES string of the molecule is C=C1COCCN1c1cc(CS(=O)(=O)CCNC2OC2C)nc(-c2ccc(NC(=O)N=C(N)/C=C\O)cc2)n1. The molecule has 2 amide bonds. The number of hydrogen-bond donors (Lipinski definition) is 4. The monoisotopic (exact) mass is 557 g/mol. The summed E-state index contributed by atoms with van der Waals surface area (Å²) in [6.07, 6.45) is 1.75. The van der Waals surface area contributed by atoms with Crippen LogP contribution in [0.1, 0.15) is 12.6 Å². The van der Waals surface area contributed by atoms with Crippen LogP contribution in [0.3, 0.4) is 0 Å². The first-order chi connectivity index (χ1) is 18.6. The number of aliphatic hydroxyl groups excluding tert-OH is 1. The molecular formula is C25H31N7O6S. The first-order valence-corrected chi connectivity index (χ1v) is 14.0. The number of carbonyl (C=O) groups excluding carboxylic acids is 1. The van der Waals surface area contributed by atoms with Crippen LogP contribution in [0.2, 0.25) is 0 Å². The lowest BCUT2D eigenvalue weighted by atomic mass is 10.2. The van der Waals surface area contributed by atoms with Gasteiger partial charge in [0.1, 0.15) is 17.9 Å². The summed E-state index contributed by atoms with van der Waals surface area (Å²) in [6, 6.07) is 7.60. The second-order valence-corrected chi connectivity index (χ2v) is 11.2. The van der Waals surface area contributed by atoms with Crippen molar-refractivity contribution in [1.82, 2.24) is 15.3 Å². The molecule has 3 heterocycles. The number of morpholine rings is 1. The van der Waals surface area contributed by atoms with E-state index >= 15 is 0 Å². The summed E-state index contributed by atoms with van der Waals surface area (Å²) in [7, 11) is -3.48. The molecule has 1 aromatic carbocycles. The molecular weight excluding hydrogens is 526 g/mol. The number of benzene rings is 1. The Morgan fingerprint density at radius 2 is 2.08 bits per heavy atom. The van der Waals surface area contributed by atoms with E-state index in [1.165, 1.54) is 0 Å². The molecule has 0 bridgehead atoms. The van der Waals surface area contributed by atoms with Gasteiger partial charge in [0.05, 0.1) is 42.8 Å². The van der Waals surface area contributed by atoms with Crippen molar-refractivity contribution in [3.63, 3.8) is 0 Å². The molecule has 1 aromatic heterocycles. The maximum absolute atomic E-state index is 12.9. The minimum atomic E-state index is -3.48.